The van der Waals surface area contributed by atoms with Gasteiger partial charge in [-0.25, -0.2) is 4.98 Å². The number of ether oxygens (including phenoxy) is 1. The van der Waals surface area contributed by atoms with Gasteiger partial charge >= 0.3 is 0 Å². The fraction of sp³-hybridized carbons (Fsp3) is 0.167. The number of carbonyl (C=O) groups excluding carboxylic acids is 1. The second-order valence-corrected chi connectivity index (χ2v) is 6.09. The highest BCUT2D eigenvalue weighted by atomic mass is 32.2. The molecular formula is C18H17N3O2S. The number of nitrogens with zero attached hydrogens (tertiary/aromatic N) is 3. The van der Waals surface area contributed by atoms with E-state index in [1.165, 1.54) is 28.9 Å². The van der Waals surface area contributed by atoms with Crippen LogP contribution in [0, 0.1) is 0 Å². The summed E-state index contributed by atoms with van der Waals surface area (Å²) >= 11 is 1.50. The van der Waals surface area contributed by atoms with Crippen LogP contribution in [0.15, 0.2) is 59.8 Å². The van der Waals surface area contributed by atoms with Gasteiger partial charge in [-0.05, 0) is 29.8 Å². The standard InChI is InChI=1S/C18H17N3O2S/c1-13(22)21-18(24-12-14-6-4-3-5-7-14)19-17(20-21)15-8-10-16(23-2)11-9-15/h3-11H,12H2,1-2H3. The Morgan fingerprint density at radius 3 is 2.46 bits per heavy atom. The van der Waals surface area contributed by atoms with E-state index < -0.39 is 0 Å². The number of hydrogen-bond donors (Lipinski definition) is 0. The van der Waals surface area contributed by atoms with Crippen molar-refractivity contribution in [2.24, 2.45) is 0 Å². The molecular weight excluding hydrogens is 322 g/mol. The van der Waals surface area contributed by atoms with E-state index in [0.717, 1.165) is 17.1 Å². The van der Waals surface area contributed by atoms with E-state index in [2.05, 4.69) is 10.1 Å². The lowest BCUT2D eigenvalue weighted by Crippen LogP contribution is -2.09. The van der Waals surface area contributed by atoms with Crippen molar-refractivity contribution < 1.29 is 9.53 Å². The molecule has 24 heavy (non-hydrogen) atoms. The van der Waals surface area contributed by atoms with E-state index in [1.54, 1.807) is 7.11 Å². The molecule has 0 aliphatic rings. The monoisotopic (exact) mass is 339 g/mol. The second kappa shape index (κ2) is 7.31. The van der Waals surface area contributed by atoms with Gasteiger partial charge in [-0.3, -0.25) is 4.79 Å². The lowest BCUT2D eigenvalue weighted by Gasteiger charge is -2.01. The van der Waals surface area contributed by atoms with Crippen LogP contribution >= 0.6 is 11.8 Å². The first-order valence-corrected chi connectivity index (χ1v) is 8.45. The summed E-state index contributed by atoms with van der Waals surface area (Å²) in [5, 5.41) is 4.94. The van der Waals surface area contributed by atoms with E-state index in [-0.39, 0.29) is 5.91 Å². The van der Waals surface area contributed by atoms with Gasteiger partial charge in [-0.15, -0.1) is 5.10 Å². The van der Waals surface area contributed by atoms with Crippen LogP contribution in [0.25, 0.3) is 11.4 Å². The summed E-state index contributed by atoms with van der Waals surface area (Å²) < 4.78 is 6.51. The maximum Gasteiger partial charge on any atom is 0.246 e. The zero-order valence-electron chi connectivity index (χ0n) is 13.5. The third kappa shape index (κ3) is 3.65. The average Bonchev–Trinajstić information content (AvgIpc) is 3.05. The SMILES string of the molecule is COc1ccc(-c2nc(SCc3ccccc3)n(C(C)=O)n2)cc1. The van der Waals surface area contributed by atoms with Gasteiger partial charge in [0.1, 0.15) is 5.75 Å². The molecule has 1 aromatic heterocycles. The molecule has 2 aromatic carbocycles. The summed E-state index contributed by atoms with van der Waals surface area (Å²) in [6, 6.07) is 17.5. The Hall–Kier alpha value is -2.60. The molecule has 0 unspecified atom stereocenters. The van der Waals surface area contributed by atoms with Crippen molar-refractivity contribution in [2.75, 3.05) is 7.11 Å². The molecule has 0 atom stereocenters. The van der Waals surface area contributed by atoms with Crippen molar-refractivity contribution in [2.45, 2.75) is 17.8 Å². The maximum absolute atomic E-state index is 11.8. The van der Waals surface area contributed by atoms with Crippen molar-refractivity contribution in [3.63, 3.8) is 0 Å². The van der Waals surface area contributed by atoms with Crippen LogP contribution in [0.2, 0.25) is 0 Å². The number of aromatic nitrogens is 3. The average molecular weight is 339 g/mol. The Kier molecular flexibility index (Phi) is 4.96. The molecule has 122 valence electrons. The molecule has 0 N–H and O–H groups in total. The summed E-state index contributed by atoms with van der Waals surface area (Å²) in [5.41, 5.74) is 2.02. The summed E-state index contributed by atoms with van der Waals surface area (Å²) in [4.78, 5) is 16.4. The molecule has 0 saturated heterocycles. The molecule has 1 heterocycles. The minimum absolute atomic E-state index is 0.155. The normalized spacial score (nSPS) is 10.6. The van der Waals surface area contributed by atoms with Gasteiger partial charge in [0, 0.05) is 18.2 Å². The quantitative estimate of drug-likeness (QED) is 0.660. The first-order valence-electron chi connectivity index (χ1n) is 7.46. The number of benzene rings is 2. The van der Waals surface area contributed by atoms with Gasteiger partial charge in [0.05, 0.1) is 7.11 Å². The summed E-state index contributed by atoms with van der Waals surface area (Å²) in [7, 11) is 1.62. The van der Waals surface area contributed by atoms with E-state index in [4.69, 9.17) is 4.74 Å². The molecule has 0 fully saturated rings. The molecule has 0 aliphatic heterocycles. The summed E-state index contributed by atoms with van der Waals surface area (Å²) in [6.07, 6.45) is 0. The van der Waals surface area contributed by atoms with Crippen LogP contribution in [0.3, 0.4) is 0 Å². The zero-order valence-corrected chi connectivity index (χ0v) is 14.3. The second-order valence-electron chi connectivity index (χ2n) is 5.15. The Labute approximate surface area is 144 Å². The molecule has 3 aromatic rings. The molecule has 0 amide bonds. The van der Waals surface area contributed by atoms with Crippen LogP contribution in [-0.2, 0) is 5.75 Å². The predicted octanol–water partition coefficient (Wildman–Crippen LogP) is 3.91. The number of thioether (sulfide) groups is 1. The van der Waals surface area contributed by atoms with Gasteiger partial charge in [0.2, 0.25) is 5.91 Å². The van der Waals surface area contributed by atoms with Crippen molar-refractivity contribution in [3.8, 4) is 17.1 Å². The highest BCUT2D eigenvalue weighted by molar-refractivity contribution is 7.98. The minimum atomic E-state index is -0.155. The van der Waals surface area contributed by atoms with Crippen LogP contribution < -0.4 is 4.74 Å². The van der Waals surface area contributed by atoms with Crippen LogP contribution in [0.1, 0.15) is 17.3 Å². The van der Waals surface area contributed by atoms with Crippen LogP contribution in [0.4, 0.5) is 0 Å². The van der Waals surface area contributed by atoms with Crippen molar-refractivity contribution >= 4 is 17.7 Å². The molecule has 0 saturated carbocycles. The molecule has 5 nitrogen and oxygen atoms in total. The van der Waals surface area contributed by atoms with E-state index in [9.17, 15) is 4.79 Å². The van der Waals surface area contributed by atoms with Gasteiger partial charge in [0.15, 0.2) is 11.0 Å². The van der Waals surface area contributed by atoms with E-state index in [0.29, 0.717) is 11.0 Å². The Morgan fingerprint density at radius 1 is 1.12 bits per heavy atom. The third-order valence-electron chi connectivity index (χ3n) is 3.43. The topological polar surface area (TPSA) is 57.0 Å². The Balaban J connectivity index is 1.85. The van der Waals surface area contributed by atoms with Crippen LogP contribution in [0.5, 0.6) is 5.75 Å². The maximum atomic E-state index is 11.8. The van der Waals surface area contributed by atoms with Crippen LogP contribution in [-0.4, -0.2) is 27.8 Å². The molecule has 0 bridgehead atoms. The fourth-order valence-corrected chi connectivity index (χ4v) is 3.11. The Morgan fingerprint density at radius 2 is 1.83 bits per heavy atom. The minimum Gasteiger partial charge on any atom is -0.497 e. The summed E-state index contributed by atoms with van der Waals surface area (Å²) in [6.45, 7) is 1.49. The number of carbonyl (C=O) groups is 1. The largest absolute Gasteiger partial charge is 0.497 e. The summed E-state index contributed by atoms with van der Waals surface area (Å²) in [5.74, 6) is 1.87. The predicted molar refractivity (Wildman–Crippen MR) is 94.3 cm³/mol. The number of hydrogen-bond acceptors (Lipinski definition) is 5. The molecule has 0 aliphatic carbocycles. The van der Waals surface area contributed by atoms with Gasteiger partial charge < -0.3 is 4.74 Å². The number of methoxy groups -OCH3 is 1. The first kappa shape index (κ1) is 16.3. The third-order valence-corrected chi connectivity index (χ3v) is 4.43. The highest BCUT2D eigenvalue weighted by Gasteiger charge is 2.15. The lowest BCUT2D eigenvalue weighted by atomic mass is 10.2. The first-order chi connectivity index (χ1) is 11.7. The zero-order chi connectivity index (χ0) is 16.9. The van der Waals surface area contributed by atoms with Crippen molar-refractivity contribution in [3.05, 3.63) is 60.2 Å². The fourth-order valence-electron chi connectivity index (χ4n) is 2.18. The number of rotatable bonds is 5. The molecule has 6 heteroatoms. The van der Waals surface area contributed by atoms with Gasteiger partial charge in [0.25, 0.3) is 0 Å². The van der Waals surface area contributed by atoms with E-state index >= 15 is 0 Å². The molecule has 0 radical (unpaired) electrons. The lowest BCUT2D eigenvalue weighted by molar-refractivity contribution is 0.0909. The Bertz CT molecular complexity index is 829. The highest BCUT2D eigenvalue weighted by Crippen LogP contribution is 2.25. The van der Waals surface area contributed by atoms with Gasteiger partial charge in [-0.2, -0.15) is 4.68 Å². The smallest absolute Gasteiger partial charge is 0.246 e. The van der Waals surface area contributed by atoms with Gasteiger partial charge in [-0.1, -0.05) is 42.1 Å². The van der Waals surface area contributed by atoms with E-state index in [1.807, 2.05) is 54.6 Å². The molecule has 0 spiro atoms. The van der Waals surface area contributed by atoms with Crippen molar-refractivity contribution in [1.82, 2.24) is 14.8 Å². The van der Waals surface area contributed by atoms with Crippen molar-refractivity contribution in [1.29, 1.82) is 0 Å². The molecule has 3 rings (SSSR count).